The third kappa shape index (κ3) is 57.8. The molecule has 0 aromatic heterocycles. The van der Waals surface area contributed by atoms with Crippen LogP contribution in [-0.2, 0) is 133 Å². The van der Waals surface area contributed by atoms with Crippen LogP contribution in [0.4, 0.5) is 4.79 Å². The molecule has 0 saturated carbocycles. The van der Waals surface area contributed by atoms with Gasteiger partial charge in [-0.2, -0.15) is 0 Å². The zero-order valence-electron chi connectivity index (χ0n) is 65.2. The molecule has 33 nitrogen and oxygen atoms in total. The van der Waals surface area contributed by atoms with Gasteiger partial charge in [-0.15, -0.1) is 0 Å². The molecule has 3 rings (SSSR count). The van der Waals surface area contributed by atoms with Crippen LogP contribution in [-0.4, -0.2) is 372 Å². The van der Waals surface area contributed by atoms with Gasteiger partial charge in [0.2, 0.25) is 11.8 Å². The van der Waals surface area contributed by atoms with Crippen molar-refractivity contribution >= 4 is 23.9 Å². The van der Waals surface area contributed by atoms with Gasteiger partial charge < -0.3 is 139 Å². The van der Waals surface area contributed by atoms with E-state index in [1.54, 1.807) is 21.0 Å². The first-order valence-electron chi connectivity index (χ1n) is 38.4. The molecule has 33 heteroatoms. The number of methoxy groups -OCH3 is 1. The summed E-state index contributed by atoms with van der Waals surface area (Å²) in [4.78, 5) is 50.6. The Hall–Kier alpha value is -4.84. The molecule has 1 aliphatic rings. The Kier molecular flexibility index (Phi) is 67.3. The van der Waals surface area contributed by atoms with E-state index in [-0.39, 0.29) is 43.8 Å². The third-order valence-electron chi connectivity index (χ3n) is 15.5. The molecule has 630 valence electrons. The number of benzene rings is 2. The highest BCUT2D eigenvalue weighted by molar-refractivity contribution is 5.89. The number of alkyl carbamates (subject to hydrolysis) is 1. The van der Waals surface area contributed by atoms with Crippen LogP contribution in [0.3, 0.4) is 0 Å². The highest BCUT2D eigenvalue weighted by Gasteiger charge is 2.32. The van der Waals surface area contributed by atoms with Crippen LogP contribution in [0.1, 0.15) is 56.6 Å². The van der Waals surface area contributed by atoms with Crippen LogP contribution in [0.15, 0.2) is 48.5 Å². The minimum absolute atomic E-state index is 0.0764. The number of carboxylic acids is 1. The summed E-state index contributed by atoms with van der Waals surface area (Å²) < 4.78 is 137. The Morgan fingerprint density at radius 1 is 0.349 bits per heavy atom. The molecule has 4 N–H and O–H groups in total. The van der Waals surface area contributed by atoms with Crippen molar-refractivity contribution in [2.45, 2.75) is 57.5 Å². The second-order valence-electron chi connectivity index (χ2n) is 24.3. The second-order valence-corrected chi connectivity index (χ2v) is 24.3. The Balaban J connectivity index is 0.901. The van der Waals surface area contributed by atoms with Crippen molar-refractivity contribution < 1.29 is 143 Å². The first-order valence-corrected chi connectivity index (χ1v) is 38.4. The molecular weight excluding hydrogens is 1430 g/mol. The number of amides is 3. The highest BCUT2D eigenvalue weighted by atomic mass is 16.6. The molecule has 1 aliphatic carbocycles. The van der Waals surface area contributed by atoms with Crippen LogP contribution < -0.4 is 16.0 Å². The molecule has 0 bridgehead atoms. The number of aliphatic carboxylic acids is 1. The Morgan fingerprint density at radius 3 is 0.862 bits per heavy atom. The van der Waals surface area contributed by atoms with E-state index in [1.807, 2.05) is 48.5 Å². The molecule has 0 unspecified atom stereocenters. The van der Waals surface area contributed by atoms with Gasteiger partial charge in [-0.05, 0) is 47.4 Å². The third-order valence-corrected chi connectivity index (χ3v) is 15.5. The fraction of sp³-hybridized carbons (Fsp3) is 0.789. The average molecular weight is 1570 g/mol. The Labute approximate surface area is 645 Å². The summed E-state index contributed by atoms with van der Waals surface area (Å²) in [5.41, 5.74) is 4.31. The van der Waals surface area contributed by atoms with Gasteiger partial charge in [0.1, 0.15) is 18.7 Å². The summed E-state index contributed by atoms with van der Waals surface area (Å²) >= 11 is 0. The molecule has 109 heavy (non-hydrogen) atoms. The Bertz CT molecular complexity index is 2370. The van der Waals surface area contributed by atoms with Gasteiger partial charge in [-0.3, -0.25) is 9.59 Å². The molecule has 2 aromatic carbocycles. The zero-order valence-corrected chi connectivity index (χ0v) is 65.2. The first kappa shape index (κ1) is 98.4. The maximum atomic E-state index is 13.3. The monoisotopic (exact) mass is 1570 g/mol. The van der Waals surface area contributed by atoms with Crippen LogP contribution >= 0.6 is 0 Å². The normalized spacial score (nSPS) is 12.6. The van der Waals surface area contributed by atoms with Crippen LogP contribution in [0.25, 0.3) is 11.1 Å². The molecule has 0 saturated heterocycles. The fourth-order valence-corrected chi connectivity index (χ4v) is 9.86. The second kappa shape index (κ2) is 74.6. The van der Waals surface area contributed by atoms with Crippen molar-refractivity contribution in [2.24, 2.45) is 5.92 Å². The standard InChI is InChI=1S/C76H131N3O30/c1-65(2)73(79-76(84)109-64-70-68-12-6-4-10-66(68)67-11-5-7-13-69(67)70)74(81)78-71(75(82)83)14-8-9-16-77-72(80)15-17-86-20-21-88-24-25-90-28-29-92-32-33-94-36-37-96-40-41-98-44-45-100-48-49-102-52-53-104-56-57-106-60-61-108-63-62-107-59-58-105-55-54-103-51-50-101-47-46-99-43-42-97-39-38-95-35-34-93-31-30-91-27-26-89-23-22-87-19-18-85-3/h4-7,10-13,65,70-71,73H,8-9,14-64H2,1-3H3,(H,77,80)(H,78,81)(H,79,84)(H,82,83)/t71-,73-/m0/s1. The number of carbonyl (C=O) groups is 4. The molecule has 0 radical (unpaired) electrons. The SMILES string of the molecule is COCCOCCOCCOCCOCCOCCOCCOCCOCCOCCOCCOCCOCCOCCOCCOCCOCCOCCOCCOCCOCCOCCOCCOCCC(=O)NCCCC[C@H](NC(=O)[C@@H](NC(=O)OCC1c2ccccc2-c2ccccc21)C(C)C)C(=O)O. The summed E-state index contributed by atoms with van der Waals surface area (Å²) in [6.45, 7) is 25.7. The van der Waals surface area contributed by atoms with E-state index in [4.69, 9.17) is 118 Å². The molecular formula is C76H131N3O30. The summed E-state index contributed by atoms with van der Waals surface area (Å²) in [5.74, 6) is -2.52. The van der Waals surface area contributed by atoms with Crippen molar-refractivity contribution in [3.63, 3.8) is 0 Å². The molecule has 2 aromatic rings. The zero-order chi connectivity index (χ0) is 77.9. The number of hydrogen-bond donors (Lipinski definition) is 4. The van der Waals surface area contributed by atoms with Gasteiger partial charge in [-0.25, -0.2) is 9.59 Å². The molecule has 0 fully saturated rings. The van der Waals surface area contributed by atoms with E-state index in [2.05, 4.69) is 16.0 Å². The van der Waals surface area contributed by atoms with Crippen molar-refractivity contribution in [1.82, 2.24) is 16.0 Å². The maximum absolute atomic E-state index is 13.3. The lowest BCUT2D eigenvalue weighted by molar-refractivity contribution is -0.142. The predicted octanol–water partition coefficient (Wildman–Crippen LogP) is 3.82. The average Bonchev–Trinajstić information content (AvgIpc) is 1.62. The number of carbonyl (C=O) groups excluding carboxylic acids is 3. The quantitative estimate of drug-likeness (QED) is 0.0684. The number of rotatable bonds is 84. The van der Waals surface area contributed by atoms with E-state index in [0.29, 0.717) is 323 Å². The summed E-state index contributed by atoms with van der Waals surface area (Å²) in [6, 6.07) is 13.8. The van der Waals surface area contributed by atoms with Crippen molar-refractivity contribution in [3.8, 4) is 11.1 Å². The number of fused-ring (bicyclic) bond motifs is 3. The minimum Gasteiger partial charge on any atom is -0.480 e. The van der Waals surface area contributed by atoms with Gasteiger partial charge in [0.15, 0.2) is 0 Å². The highest BCUT2D eigenvalue weighted by Crippen LogP contribution is 2.44. The summed E-state index contributed by atoms with van der Waals surface area (Å²) in [5, 5.41) is 17.9. The number of carboxylic acid groups (broad SMARTS) is 1. The van der Waals surface area contributed by atoms with Crippen molar-refractivity contribution in [3.05, 3.63) is 59.7 Å². The maximum Gasteiger partial charge on any atom is 0.407 e. The van der Waals surface area contributed by atoms with E-state index in [0.717, 1.165) is 22.3 Å². The lowest BCUT2D eigenvalue weighted by atomic mass is 9.98. The minimum atomic E-state index is -1.20. The number of hydrogen-bond acceptors (Lipinski definition) is 29. The summed E-state index contributed by atoms with van der Waals surface area (Å²) in [6.07, 6.45) is 0.451. The van der Waals surface area contributed by atoms with E-state index < -0.39 is 30.1 Å². The molecule has 0 spiro atoms. The van der Waals surface area contributed by atoms with E-state index in [9.17, 15) is 24.3 Å². The molecule has 0 heterocycles. The number of unbranched alkanes of at least 4 members (excludes halogenated alkanes) is 1. The molecule has 3 amide bonds. The lowest BCUT2D eigenvalue weighted by Gasteiger charge is -2.24. The Morgan fingerprint density at radius 2 is 0.606 bits per heavy atom. The van der Waals surface area contributed by atoms with Crippen molar-refractivity contribution in [1.29, 1.82) is 0 Å². The molecule has 0 aliphatic heterocycles. The van der Waals surface area contributed by atoms with Gasteiger partial charge >= 0.3 is 12.1 Å². The van der Waals surface area contributed by atoms with Gasteiger partial charge in [-0.1, -0.05) is 62.4 Å². The van der Waals surface area contributed by atoms with Crippen molar-refractivity contribution in [2.75, 3.05) is 331 Å². The largest absolute Gasteiger partial charge is 0.480 e. The topological polar surface area (TPSA) is 355 Å². The predicted molar refractivity (Wildman–Crippen MR) is 399 cm³/mol. The van der Waals surface area contributed by atoms with Crippen LogP contribution in [0.2, 0.25) is 0 Å². The summed E-state index contributed by atoms with van der Waals surface area (Å²) in [7, 11) is 1.64. The lowest BCUT2D eigenvalue weighted by Crippen LogP contribution is -2.53. The molecule has 2 atom stereocenters. The van der Waals surface area contributed by atoms with Crippen LogP contribution in [0, 0.1) is 5.92 Å². The number of ether oxygens (including phenoxy) is 25. The van der Waals surface area contributed by atoms with E-state index >= 15 is 0 Å². The first-order chi connectivity index (χ1) is 53.7. The van der Waals surface area contributed by atoms with Gasteiger partial charge in [0.25, 0.3) is 0 Å². The van der Waals surface area contributed by atoms with Gasteiger partial charge in [0.05, 0.1) is 311 Å². The van der Waals surface area contributed by atoms with Gasteiger partial charge in [0, 0.05) is 26.0 Å². The van der Waals surface area contributed by atoms with E-state index in [1.165, 1.54) is 0 Å². The smallest absolute Gasteiger partial charge is 0.407 e. The number of nitrogens with one attached hydrogen (secondary N) is 3. The fourth-order valence-electron chi connectivity index (χ4n) is 9.86. The van der Waals surface area contributed by atoms with Crippen LogP contribution in [0.5, 0.6) is 0 Å².